The molecule has 4 nitrogen and oxygen atoms in total. The number of carboxylic acid groups (broad SMARTS) is 1. The number of aromatic nitrogens is 1. The highest BCUT2D eigenvalue weighted by Crippen LogP contribution is 2.48. The second-order valence-corrected chi connectivity index (χ2v) is 9.75. The van der Waals surface area contributed by atoms with Crippen LogP contribution in [0.4, 0.5) is 0 Å². The lowest BCUT2D eigenvalue weighted by atomic mass is 9.83. The molecule has 2 aromatic heterocycles. The van der Waals surface area contributed by atoms with E-state index < -0.39 is 5.97 Å². The molecule has 0 unspecified atom stereocenters. The normalized spacial score (nSPS) is 15.5. The van der Waals surface area contributed by atoms with Gasteiger partial charge >= 0.3 is 5.97 Å². The third-order valence-electron chi connectivity index (χ3n) is 5.95. The summed E-state index contributed by atoms with van der Waals surface area (Å²) in [5.41, 5.74) is 5.69. The Kier molecular flexibility index (Phi) is 5.74. The minimum absolute atomic E-state index is 0.471. The maximum atomic E-state index is 12.0. The fourth-order valence-electron chi connectivity index (χ4n) is 4.76. The number of aryl methyl sites for hydroxylation is 1. The molecule has 6 heteroatoms. The molecular weight excluding hydrogens is 404 g/mol. The zero-order valence-electron chi connectivity index (χ0n) is 17.2. The van der Waals surface area contributed by atoms with Crippen LogP contribution >= 0.6 is 22.9 Å². The fourth-order valence-corrected chi connectivity index (χ4v) is 6.19. The van der Waals surface area contributed by atoms with E-state index in [0.29, 0.717) is 17.3 Å². The number of halogens is 1. The lowest BCUT2D eigenvalue weighted by Gasteiger charge is -2.23. The van der Waals surface area contributed by atoms with Gasteiger partial charge in [-0.2, -0.15) is 0 Å². The van der Waals surface area contributed by atoms with E-state index in [1.165, 1.54) is 54.7 Å². The molecule has 1 aliphatic carbocycles. The maximum Gasteiger partial charge on any atom is 0.346 e. The Balaban J connectivity index is 2.02. The van der Waals surface area contributed by atoms with Crippen molar-refractivity contribution in [3.05, 3.63) is 45.3 Å². The van der Waals surface area contributed by atoms with Crippen molar-refractivity contribution < 1.29 is 9.90 Å². The van der Waals surface area contributed by atoms with Crippen molar-refractivity contribution in [3.63, 3.8) is 0 Å². The van der Waals surface area contributed by atoms with E-state index in [-0.39, 0.29) is 0 Å². The van der Waals surface area contributed by atoms with Crippen molar-refractivity contribution in [1.82, 2.24) is 9.47 Å². The molecule has 0 spiro atoms. The van der Waals surface area contributed by atoms with Gasteiger partial charge in [-0.15, -0.1) is 11.3 Å². The van der Waals surface area contributed by atoms with Crippen LogP contribution in [0.15, 0.2) is 24.3 Å². The molecule has 1 aliphatic rings. The van der Waals surface area contributed by atoms with Crippen LogP contribution in [0.3, 0.4) is 0 Å². The molecule has 154 valence electrons. The largest absolute Gasteiger partial charge is 0.477 e. The highest BCUT2D eigenvalue weighted by atomic mass is 35.5. The van der Waals surface area contributed by atoms with Gasteiger partial charge in [0.25, 0.3) is 0 Å². The highest BCUT2D eigenvalue weighted by Gasteiger charge is 2.30. The molecule has 1 saturated carbocycles. The molecule has 1 aromatic carbocycles. The topological polar surface area (TPSA) is 45.5 Å². The molecule has 2 heterocycles. The van der Waals surface area contributed by atoms with Gasteiger partial charge < -0.3 is 14.6 Å². The first-order valence-corrected chi connectivity index (χ1v) is 11.4. The average Bonchev–Trinajstić information content (AvgIpc) is 3.18. The van der Waals surface area contributed by atoms with Crippen LogP contribution in [0.25, 0.3) is 21.5 Å². The number of aromatic carboxylic acids is 1. The Labute approximate surface area is 180 Å². The van der Waals surface area contributed by atoms with Gasteiger partial charge in [0.15, 0.2) is 0 Å². The van der Waals surface area contributed by atoms with E-state index in [2.05, 4.69) is 23.7 Å². The summed E-state index contributed by atoms with van der Waals surface area (Å²) in [6, 6.07) is 8.03. The number of nitrogens with zero attached hydrogens (tertiary/aromatic N) is 2. The summed E-state index contributed by atoms with van der Waals surface area (Å²) in [6.07, 6.45) is 6.11. The SMILES string of the molecule is CN(C)Cc1c(C(=O)O)sc2c(C3CCCCC3)c(-c3ccc(Cl)cc3)n(C)c12. The van der Waals surface area contributed by atoms with Crippen molar-refractivity contribution in [2.75, 3.05) is 14.1 Å². The van der Waals surface area contributed by atoms with Crippen LogP contribution in [0.5, 0.6) is 0 Å². The Morgan fingerprint density at radius 3 is 2.45 bits per heavy atom. The van der Waals surface area contributed by atoms with Crippen LogP contribution in [-0.4, -0.2) is 34.6 Å². The third kappa shape index (κ3) is 3.72. The second-order valence-electron chi connectivity index (χ2n) is 8.29. The number of fused-ring (bicyclic) bond motifs is 1. The van der Waals surface area contributed by atoms with Crippen LogP contribution < -0.4 is 0 Å². The van der Waals surface area contributed by atoms with Gasteiger partial charge in [-0.05, 0) is 56.1 Å². The molecule has 3 aromatic rings. The Morgan fingerprint density at radius 2 is 1.86 bits per heavy atom. The van der Waals surface area contributed by atoms with Gasteiger partial charge in [0, 0.05) is 24.2 Å². The van der Waals surface area contributed by atoms with Gasteiger partial charge in [-0.3, -0.25) is 0 Å². The highest BCUT2D eigenvalue weighted by molar-refractivity contribution is 7.21. The van der Waals surface area contributed by atoms with Crippen LogP contribution in [-0.2, 0) is 13.6 Å². The predicted octanol–water partition coefficient (Wildman–Crippen LogP) is 6.37. The number of carboxylic acids is 1. The van der Waals surface area contributed by atoms with Crippen molar-refractivity contribution in [1.29, 1.82) is 0 Å². The lowest BCUT2D eigenvalue weighted by molar-refractivity contribution is 0.0700. The van der Waals surface area contributed by atoms with Gasteiger partial charge in [0.2, 0.25) is 0 Å². The minimum atomic E-state index is -0.828. The predicted molar refractivity (Wildman–Crippen MR) is 121 cm³/mol. The van der Waals surface area contributed by atoms with E-state index in [0.717, 1.165) is 26.4 Å². The summed E-state index contributed by atoms with van der Waals surface area (Å²) in [5, 5.41) is 10.6. The van der Waals surface area contributed by atoms with Crippen LogP contribution in [0, 0.1) is 0 Å². The number of benzene rings is 1. The van der Waals surface area contributed by atoms with E-state index >= 15 is 0 Å². The van der Waals surface area contributed by atoms with Gasteiger partial charge in [-0.25, -0.2) is 4.79 Å². The second kappa shape index (κ2) is 8.13. The molecule has 1 fully saturated rings. The van der Waals surface area contributed by atoms with E-state index in [1.807, 2.05) is 31.1 Å². The number of thiophene rings is 1. The van der Waals surface area contributed by atoms with Crippen molar-refractivity contribution in [2.24, 2.45) is 7.05 Å². The number of hydrogen-bond donors (Lipinski definition) is 1. The Bertz CT molecular complexity index is 1040. The Hall–Kier alpha value is -1.82. The molecule has 0 aliphatic heterocycles. The molecule has 0 bridgehead atoms. The quantitative estimate of drug-likeness (QED) is 0.511. The third-order valence-corrected chi connectivity index (χ3v) is 7.44. The van der Waals surface area contributed by atoms with Crippen molar-refractivity contribution >= 4 is 39.1 Å². The Morgan fingerprint density at radius 1 is 1.21 bits per heavy atom. The number of hydrogen-bond acceptors (Lipinski definition) is 3. The summed E-state index contributed by atoms with van der Waals surface area (Å²) in [4.78, 5) is 14.5. The van der Waals surface area contributed by atoms with Crippen molar-refractivity contribution in [3.8, 4) is 11.3 Å². The molecule has 0 amide bonds. The summed E-state index contributed by atoms with van der Waals surface area (Å²) in [7, 11) is 6.05. The first-order valence-electron chi connectivity index (χ1n) is 10.2. The maximum absolute atomic E-state index is 12.0. The minimum Gasteiger partial charge on any atom is -0.477 e. The summed E-state index contributed by atoms with van der Waals surface area (Å²) < 4.78 is 3.38. The lowest BCUT2D eigenvalue weighted by Crippen LogP contribution is -2.13. The molecule has 0 saturated heterocycles. The molecule has 0 radical (unpaired) electrons. The van der Waals surface area contributed by atoms with E-state index in [1.54, 1.807) is 0 Å². The van der Waals surface area contributed by atoms with E-state index in [4.69, 9.17) is 11.6 Å². The summed E-state index contributed by atoms with van der Waals surface area (Å²) in [5.74, 6) is -0.351. The van der Waals surface area contributed by atoms with Crippen LogP contribution in [0.1, 0.15) is 58.8 Å². The molecule has 29 heavy (non-hydrogen) atoms. The fraction of sp³-hybridized carbons (Fsp3) is 0.435. The summed E-state index contributed by atoms with van der Waals surface area (Å²) >= 11 is 7.60. The smallest absolute Gasteiger partial charge is 0.346 e. The average molecular weight is 431 g/mol. The van der Waals surface area contributed by atoms with Crippen molar-refractivity contribution in [2.45, 2.75) is 44.6 Å². The number of carbonyl (C=O) groups is 1. The molecule has 1 N–H and O–H groups in total. The molecular formula is C23H27ClN2O2S. The summed E-state index contributed by atoms with van der Waals surface area (Å²) in [6.45, 7) is 0.615. The zero-order valence-corrected chi connectivity index (χ0v) is 18.7. The standard InChI is InChI=1S/C23H27ClN2O2S/c1-25(2)13-17-20-22(29-21(17)23(27)28)18(14-7-5-4-6-8-14)19(26(20)3)15-9-11-16(24)12-10-15/h9-12,14H,4-8,13H2,1-3H3,(H,27,28). The van der Waals surface area contributed by atoms with Gasteiger partial charge in [0.1, 0.15) is 4.88 Å². The first kappa shape index (κ1) is 20.5. The monoisotopic (exact) mass is 430 g/mol. The van der Waals surface area contributed by atoms with Gasteiger partial charge in [0.05, 0.1) is 15.9 Å². The molecule has 4 rings (SSSR count). The van der Waals surface area contributed by atoms with E-state index in [9.17, 15) is 9.90 Å². The number of rotatable bonds is 5. The first-order chi connectivity index (χ1) is 13.9. The molecule has 0 atom stereocenters. The zero-order chi connectivity index (χ0) is 20.7. The van der Waals surface area contributed by atoms with Crippen LogP contribution in [0.2, 0.25) is 5.02 Å². The van der Waals surface area contributed by atoms with Gasteiger partial charge in [-0.1, -0.05) is 43.0 Å².